The maximum Gasteiger partial charge on any atom is 0.105 e. The van der Waals surface area contributed by atoms with Crippen molar-refractivity contribution in [3.8, 4) is 0 Å². The second-order valence-corrected chi connectivity index (χ2v) is 5.47. The van der Waals surface area contributed by atoms with E-state index in [1.165, 1.54) is 19.3 Å². The highest BCUT2D eigenvalue weighted by Gasteiger charge is 2.39. The van der Waals surface area contributed by atoms with Crippen molar-refractivity contribution in [1.82, 2.24) is 5.32 Å². The second-order valence-electron chi connectivity index (χ2n) is 5.47. The molecule has 1 heterocycles. The van der Waals surface area contributed by atoms with E-state index in [9.17, 15) is 5.11 Å². The summed E-state index contributed by atoms with van der Waals surface area (Å²) in [6.45, 7) is 3.26. The minimum Gasteiger partial charge on any atom is -0.386 e. The van der Waals surface area contributed by atoms with E-state index >= 15 is 0 Å². The molecule has 2 aliphatic rings. The van der Waals surface area contributed by atoms with Crippen LogP contribution < -0.4 is 5.32 Å². The number of rotatable bonds is 4. The lowest BCUT2D eigenvalue weighted by atomic mass is 9.91. The molecule has 1 saturated carbocycles. The van der Waals surface area contributed by atoms with Crippen LogP contribution in [0, 0.1) is 0 Å². The quantitative estimate of drug-likeness (QED) is 0.775. The highest BCUT2D eigenvalue weighted by molar-refractivity contribution is 4.93. The van der Waals surface area contributed by atoms with Gasteiger partial charge in [0, 0.05) is 32.7 Å². The van der Waals surface area contributed by atoms with Gasteiger partial charge in [-0.1, -0.05) is 0 Å². The van der Waals surface area contributed by atoms with Gasteiger partial charge in [0.25, 0.3) is 0 Å². The molecule has 1 saturated heterocycles. The van der Waals surface area contributed by atoms with Gasteiger partial charge < -0.3 is 19.9 Å². The van der Waals surface area contributed by atoms with Crippen molar-refractivity contribution in [3.63, 3.8) is 0 Å². The highest BCUT2D eigenvalue weighted by Crippen LogP contribution is 2.26. The van der Waals surface area contributed by atoms with Gasteiger partial charge in [0.1, 0.15) is 5.60 Å². The first kappa shape index (κ1) is 13.3. The van der Waals surface area contributed by atoms with Gasteiger partial charge in [-0.25, -0.2) is 0 Å². The van der Waals surface area contributed by atoms with Gasteiger partial charge in [-0.05, 0) is 32.6 Å². The summed E-state index contributed by atoms with van der Waals surface area (Å²) < 4.78 is 10.8. The molecule has 1 aliphatic heterocycles. The Labute approximate surface area is 104 Å². The van der Waals surface area contributed by atoms with Crippen LogP contribution in [0.25, 0.3) is 0 Å². The largest absolute Gasteiger partial charge is 0.386 e. The lowest BCUT2D eigenvalue weighted by Gasteiger charge is -2.33. The third-order valence-corrected chi connectivity index (χ3v) is 4.32. The Balaban J connectivity index is 1.77. The third-order valence-electron chi connectivity index (χ3n) is 4.32. The number of hydrogen-bond acceptors (Lipinski definition) is 4. The molecule has 1 aliphatic carbocycles. The smallest absolute Gasteiger partial charge is 0.105 e. The first-order valence-electron chi connectivity index (χ1n) is 6.74. The van der Waals surface area contributed by atoms with E-state index in [-0.39, 0.29) is 6.10 Å². The van der Waals surface area contributed by atoms with Crippen molar-refractivity contribution in [2.75, 3.05) is 20.3 Å². The molecule has 0 spiro atoms. The molecule has 0 aromatic carbocycles. The standard InChI is InChI=1S/C13H25NO3/c1-10-13(15,6-7-17-10)9-14-11-4-3-5-12(8-11)16-2/h10-12,14-15H,3-9H2,1-2H3. The van der Waals surface area contributed by atoms with Crippen molar-refractivity contribution >= 4 is 0 Å². The van der Waals surface area contributed by atoms with Crippen LogP contribution in [0.5, 0.6) is 0 Å². The maximum atomic E-state index is 10.4. The average molecular weight is 243 g/mol. The molecule has 2 fully saturated rings. The summed E-state index contributed by atoms with van der Waals surface area (Å²) >= 11 is 0. The molecule has 2 N–H and O–H groups in total. The lowest BCUT2D eigenvalue weighted by Crippen LogP contribution is -2.50. The monoisotopic (exact) mass is 243 g/mol. The normalized spacial score (nSPS) is 42.9. The van der Waals surface area contributed by atoms with Crippen LogP contribution in [0.15, 0.2) is 0 Å². The number of aliphatic hydroxyl groups is 1. The SMILES string of the molecule is COC1CCCC(NCC2(O)CCOC2C)C1. The first-order valence-corrected chi connectivity index (χ1v) is 6.74. The van der Waals surface area contributed by atoms with Crippen LogP contribution in [-0.2, 0) is 9.47 Å². The summed E-state index contributed by atoms with van der Waals surface area (Å²) in [6.07, 6.45) is 5.68. The van der Waals surface area contributed by atoms with Crippen LogP contribution in [-0.4, -0.2) is 49.2 Å². The molecule has 4 atom stereocenters. The van der Waals surface area contributed by atoms with Crippen molar-refractivity contribution in [2.45, 2.75) is 62.9 Å². The summed E-state index contributed by atoms with van der Waals surface area (Å²) in [7, 11) is 1.79. The van der Waals surface area contributed by atoms with E-state index in [0.717, 1.165) is 12.8 Å². The molecule has 0 aromatic heterocycles. The van der Waals surface area contributed by atoms with Crippen molar-refractivity contribution in [1.29, 1.82) is 0 Å². The Kier molecular flexibility index (Phi) is 4.42. The van der Waals surface area contributed by atoms with E-state index in [1.807, 2.05) is 6.92 Å². The Morgan fingerprint density at radius 2 is 2.29 bits per heavy atom. The molecule has 100 valence electrons. The number of hydrogen-bond donors (Lipinski definition) is 2. The summed E-state index contributed by atoms with van der Waals surface area (Å²) in [4.78, 5) is 0. The molecule has 2 rings (SSSR count). The predicted molar refractivity (Wildman–Crippen MR) is 66.0 cm³/mol. The zero-order valence-corrected chi connectivity index (χ0v) is 10.9. The van der Waals surface area contributed by atoms with Crippen LogP contribution >= 0.6 is 0 Å². The fourth-order valence-corrected chi connectivity index (χ4v) is 2.87. The summed E-state index contributed by atoms with van der Waals surface area (Å²) in [5, 5.41) is 13.9. The molecular weight excluding hydrogens is 218 g/mol. The van der Waals surface area contributed by atoms with Crippen LogP contribution in [0.2, 0.25) is 0 Å². The summed E-state index contributed by atoms with van der Waals surface area (Å²) in [5.41, 5.74) is -0.681. The van der Waals surface area contributed by atoms with E-state index < -0.39 is 5.60 Å². The van der Waals surface area contributed by atoms with Crippen molar-refractivity contribution < 1.29 is 14.6 Å². The molecule has 0 bridgehead atoms. The topological polar surface area (TPSA) is 50.7 Å². The van der Waals surface area contributed by atoms with Crippen molar-refractivity contribution in [2.24, 2.45) is 0 Å². The van der Waals surface area contributed by atoms with E-state index in [0.29, 0.717) is 25.3 Å². The molecular formula is C13H25NO3. The minimum absolute atomic E-state index is 0.0585. The Morgan fingerprint density at radius 3 is 2.94 bits per heavy atom. The lowest BCUT2D eigenvalue weighted by molar-refractivity contribution is -0.0303. The van der Waals surface area contributed by atoms with Gasteiger partial charge in [0.05, 0.1) is 12.2 Å². The molecule has 4 unspecified atom stereocenters. The Hall–Kier alpha value is -0.160. The zero-order valence-electron chi connectivity index (χ0n) is 10.9. The van der Waals surface area contributed by atoms with E-state index in [1.54, 1.807) is 7.11 Å². The molecule has 4 heteroatoms. The molecule has 0 radical (unpaired) electrons. The highest BCUT2D eigenvalue weighted by atomic mass is 16.5. The molecule has 17 heavy (non-hydrogen) atoms. The summed E-state index contributed by atoms with van der Waals surface area (Å²) in [5.74, 6) is 0. The Bertz CT molecular complexity index is 249. The zero-order chi connectivity index (χ0) is 12.3. The fraction of sp³-hybridized carbons (Fsp3) is 1.00. The van der Waals surface area contributed by atoms with Crippen molar-refractivity contribution in [3.05, 3.63) is 0 Å². The van der Waals surface area contributed by atoms with Crippen LogP contribution in [0.1, 0.15) is 39.0 Å². The van der Waals surface area contributed by atoms with Gasteiger partial charge in [-0.2, -0.15) is 0 Å². The van der Waals surface area contributed by atoms with Gasteiger partial charge >= 0.3 is 0 Å². The maximum absolute atomic E-state index is 10.4. The van der Waals surface area contributed by atoms with Gasteiger partial charge in [0.2, 0.25) is 0 Å². The number of ether oxygens (including phenoxy) is 2. The van der Waals surface area contributed by atoms with E-state index in [4.69, 9.17) is 9.47 Å². The predicted octanol–water partition coefficient (Wildman–Crippen LogP) is 1.07. The molecule has 4 nitrogen and oxygen atoms in total. The van der Waals surface area contributed by atoms with Gasteiger partial charge in [-0.15, -0.1) is 0 Å². The Morgan fingerprint density at radius 1 is 1.47 bits per heavy atom. The van der Waals surface area contributed by atoms with Crippen LogP contribution in [0.3, 0.4) is 0 Å². The fourth-order valence-electron chi connectivity index (χ4n) is 2.87. The average Bonchev–Trinajstić information content (AvgIpc) is 2.68. The third kappa shape index (κ3) is 3.19. The molecule has 0 amide bonds. The first-order chi connectivity index (χ1) is 8.14. The number of nitrogens with one attached hydrogen (secondary N) is 1. The molecule has 0 aromatic rings. The van der Waals surface area contributed by atoms with Gasteiger partial charge in [0.15, 0.2) is 0 Å². The summed E-state index contributed by atoms with van der Waals surface area (Å²) in [6, 6.07) is 0.477. The second kappa shape index (κ2) is 5.65. The number of methoxy groups -OCH3 is 1. The van der Waals surface area contributed by atoms with Gasteiger partial charge in [-0.3, -0.25) is 0 Å². The van der Waals surface area contributed by atoms with Crippen LogP contribution in [0.4, 0.5) is 0 Å². The minimum atomic E-state index is -0.681. The van der Waals surface area contributed by atoms with E-state index in [2.05, 4.69) is 5.32 Å².